The molecule has 19 heavy (non-hydrogen) atoms. The van der Waals surface area contributed by atoms with Crippen molar-refractivity contribution in [2.75, 3.05) is 25.5 Å². The van der Waals surface area contributed by atoms with Gasteiger partial charge in [0.1, 0.15) is 5.75 Å². The minimum Gasteiger partial charge on any atom is -0.496 e. The maximum Gasteiger partial charge on any atom is 0.223 e. The Morgan fingerprint density at radius 2 is 2.16 bits per heavy atom. The first-order chi connectivity index (χ1) is 9.24. The molecule has 0 aliphatic heterocycles. The van der Waals surface area contributed by atoms with Crippen molar-refractivity contribution in [3.8, 4) is 17.0 Å². The van der Waals surface area contributed by atoms with Crippen LogP contribution in [-0.4, -0.2) is 30.2 Å². The number of aryl methyl sites for hydroxylation is 1. The Labute approximate surface area is 112 Å². The van der Waals surface area contributed by atoms with E-state index in [1.54, 1.807) is 13.3 Å². The predicted octanol–water partition coefficient (Wildman–Crippen LogP) is 1.83. The molecule has 0 atom stereocenters. The maximum absolute atomic E-state index is 5.45. The molecule has 2 rings (SSSR count). The number of aromatic nitrogens is 2. The molecule has 0 radical (unpaired) electrons. The molecule has 5 nitrogen and oxygen atoms in total. The lowest BCUT2D eigenvalue weighted by molar-refractivity contribution is 0.416. The molecule has 1 aromatic heterocycles. The maximum atomic E-state index is 5.45. The number of rotatable bonds is 5. The van der Waals surface area contributed by atoms with Gasteiger partial charge in [-0.15, -0.1) is 0 Å². The van der Waals surface area contributed by atoms with E-state index < -0.39 is 0 Å². The SMILES string of the molecule is COc1ccc(C)cc1-c1ccnc(NCCN)n1. The molecular formula is C14H18N4O. The first-order valence-electron chi connectivity index (χ1n) is 6.16. The van der Waals surface area contributed by atoms with Crippen LogP contribution in [0.5, 0.6) is 5.75 Å². The van der Waals surface area contributed by atoms with Crippen molar-refractivity contribution in [3.63, 3.8) is 0 Å². The van der Waals surface area contributed by atoms with E-state index in [0.29, 0.717) is 19.0 Å². The summed E-state index contributed by atoms with van der Waals surface area (Å²) in [4.78, 5) is 8.63. The monoisotopic (exact) mass is 258 g/mol. The van der Waals surface area contributed by atoms with Crippen LogP contribution in [0.3, 0.4) is 0 Å². The van der Waals surface area contributed by atoms with Gasteiger partial charge in [0, 0.05) is 24.8 Å². The largest absolute Gasteiger partial charge is 0.496 e. The second-order valence-electron chi connectivity index (χ2n) is 4.18. The first kappa shape index (κ1) is 13.3. The van der Waals surface area contributed by atoms with E-state index >= 15 is 0 Å². The zero-order valence-corrected chi connectivity index (χ0v) is 11.2. The second-order valence-corrected chi connectivity index (χ2v) is 4.18. The molecule has 0 fully saturated rings. The van der Waals surface area contributed by atoms with E-state index in [1.807, 2.05) is 31.2 Å². The van der Waals surface area contributed by atoms with Crippen molar-refractivity contribution in [2.24, 2.45) is 5.73 Å². The summed E-state index contributed by atoms with van der Waals surface area (Å²) in [5.41, 5.74) is 8.40. The first-order valence-corrected chi connectivity index (χ1v) is 6.16. The average Bonchev–Trinajstić information content (AvgIpc) is 2.45. The molecule has 0 unspecified atom stereocenters. The van der Waals surface area contributed by atoms with Gasteiger partial charge in [-0.25, -0.2) is 9.97 Å². The lowest BCUT2D eigenvalue weighted by Gasteiger charge is -2.10. The Bertz CT molecular complexity index is 557. The van der Waals surface area contributed by atoms with Crippen LogP contribution in [0.25, 0.3) is 11.3 Å². The second kappa shape index (κ2) is 6.15. The number of ether oxygens (including phenoxy) is 1. The molecular weight excluding hydrogens is 240 g/mol. The van der Waals surface area contributed by atoms with E-state index in [4.69, 9.17) is 10.5 Å². The number of nitrogens with two attached hydrogens (primary N) is 1. The molecule has 0 saturated carbocycles. The molecule has 0 saturated heterocycles. The Kier molecular flexibility index (Phi) is 4.30. The van der Waals surface area contributed by atoms with Gasteiger partial charge in [0.05, 0.1) is 12.8 Å². The van der Waals surface area contributed by atoms with Crippen LogP contribution >= 0.6 is 0 Å². The Hall–Kier alpha value is -2.14. The van der Waals surface area contributed by atoms with Gasteiger partial charge in [0.15, 0.2) is 0 Å². The van der Waals surface area contributed by atoms with Crippen molar-refractivity contribution in [2.45, 2.75) is 6.92 Å². The number of nitrogens with one attached hydrogen (secondary N) is 1. The lowest BCUT2D eigenvalue weighted by atomic mass is 10.1. The van der Waals surface area contributed by atoms with Crippen molar-refractivity contribution in [1.82, 2.24) is 9.97 Å². The molecule has 0 aliphatic carbocycles. The summed E-state index contributed by atoms with van der Waals surface area (Å²) in [6.45, 7) is 3.23. The summed E-state index contributed by atoms with van der Waals surface area (Å²) in [6, 6.07) is 7.87. The van der Waals surface area contributed by atoms with E-state index in [1.165, 1.54) is 0 Å². The summed E-state index contributed by atoms with van der Waals surface area (Å²) in [5.74, 6) is 1.38. The molecule has 0 spiro atoms. The van der Waals surface area contributed by atoms with Crippen LogP contribution in [0.2, 0.25) is 0 Å². The summed E-state index contributed by atoms with van der Waals surface area (Å²) in [6.07, 6.45) is 1.73. The molecule has 5 heteroatoms. The summed E-state index contributed by atoms with van der Waals surface area (Å²) < 4.78 is 5.37. The summed E-state index contributed by atoms with van der Waals surface area (Å²) >= 11 is 0. The number of anilines is 1. The number of methoxy groups -OCH3 is 1. The summed E-state index contributed by atoms with van der Waals surface area (Å²) in [7, 11) is 1.66. The van der Waals surface area contributed by atoms with Gasteiger partial charge in [-0.1, -0.05) is 11.6 Å². The van der Waals surface area contributed by atoms with Gasteiger partial charge in [0.2, 0.25) is 5.95 Å². The van der Waals surface area contributed by atoms with E-state index in [9.17, 15) is 0 Å². The topological polar surface area (TPSA) is 73.1 Å². The molecule has 0 aliphatic rings. The third kappa shape index (κ3) is 3.20. The number of nitrogens with zero attached hydrogens (tertiary/aromatic N) is 2. The molecule has 1 aromatic carbocycles. The van der Waals surface area contributed by atoms with Gasteiger partial charge in [-0.2, -0.15) is 0 Å². The quantitative estimate of drug-likeness (QED) is 0.856. The Morgan fingerprint density at radius 3 is 2.89 bits per heavy atom. The van der Waals surface area contributed by atoms with Crippen molar-refractivity contribution in [3.05, 3.63) is 36.0 Å². The molecule has 0 bridgehead atoms. The highest BCUT2D eigenvalue weighted by atomic mass is 16.5. The average molecular weight is 258 g/mol. The highest BCUT2D eigenvalue weighted by Gasteiger charge is 2.08. The van der Waals surface area contributed by atoms with Gasteiger partial charge < -0.3 is 15.8 Å². The third-order valence-electron chi connectivity index (χ3n) is 2.71. The smallest absolute Gasteiger partial charge is 0.223 e. The fraction of sp³-hybridized carbons (Fsp3) is 0.286. The number of hydrogen-bond acceptors (Lipinski definition) is 5. The van der Waals surface area contributed by atoms with Crippen molar-refractivity contribution in [1.29, 1.82) is 0 Å². The van der Waals surface area contributed by atoms with Crippen LogP contribution in [-0.2, 0) is 0 Å². The van der Waals surface area contributed by atoms with Crippen LogP contribution in [0, 0.1) is 6.92 Å². The third-order valence-corrected chi connectivity index (χ3v) is 2.71. The van der Waals surface area contributed by atoms with Gasteiger partial charge >= 0.3 is 0 Å². The van der Waals surface area contributed by atoms with Gasteiger partial charge in [-0.05, 0) is 25.1 Å². The molecule has 0 amide bonds. The van der Waals surface area contributed by atoms with Crippen molar-refractivity contribution >= 4 is 5.95 Å². The standard InChI is InChI=1S/C14H18N4O/c1-10-3-4-13(19-2)11(9-10)12-5-7-16-14(18-12)17-8-6-15/h3-5,7,9H,6,8,15H2,1-2H3,(H,16,17,18). The zero-order valence-electron chi connectivity index (χ0n) is 11.2. The van der Waals surface area contributed by atoms with E-state index in [0.717, 1.165) is 22.6 Å². The van der Waals surface area contributed by atoms with Gasteiger partial charge in [-0.3, -0.25) is 0 Å². The predicted molar refractivity (Wildman–Crippen MR) is 76.3 cm³/mol. The Balaban J connectivity index is 2.38. The van der Waals surface area contributed by atoms with Crippen LogP contribution in [0.4, 0.5) is 5.95 Å². The molecule has 100 valence electrons. The fourth-order valence-corrected chi connectivity index (χ4v) is 1.80. The fourth-order valence-electron chi connectivity index (χ4n) is 1.80. The van der Waals surface area contributed by atoms with Crippen LogP contribution in [0.15, 0.2) is 30.5 Å². The highest BCUT2D eigenvalue weighted by Crippen LogP contribution is 2.29. The van der Waals surface area contributed by atoms with Crippen molar-refractivity contribution < 1.29 is 4.74 Å². The Morgan fingerprint density at radius 1 is 1.32 bits per heavy atom. The molecule has 2 aromatic rings. The molecule has 1 heterocycles. The zero-order chi connectivity index (χ0) is 13.7. The number of benzene rings is 1. The summed E-state index contributed by atoms with van der Waals surface area (Å²) in [5, 5.41) is 3.07. The minimum absolute atomic E-state index is 0.543. The lowest BCUT2D eigenvalue weighted by Crippen LogP contribution is -2.14. The van der Waals surface area contributed by atoms with Gasteiger partial charge in [0.25, 0.3) is 0 Å². The minimum atomic E-state index is 0.543. The number of hydrogen-bond donors (Lipinski definition) is 2. The highest BCUT2D eigenvalue weighted by molar-refractivity contribution is 5.68. The normalized spacial score (nSPS) is 10.3. The van der Waals surface area contributed by atoms with E-state index in [-0.39, 0.29) is 0 Å². The van der Waals surface area contributed by atoms with E-state index in [2.05, 4.69) is 15.3 Å². The van der Waals surface area contributed by atoms with Crippen LogP contribution in [0.1, 0.15) is 5.56 Å². The van der Waals surface area contributed by atoms with Crippen LogP contribution < -0.4 is 15.8 Å². The molecule has 3 N–H and O–H groups in total.